The minimum Gasteiger partial charge on any atom is -0.383 e. The van der Waals surface area contributed by atoms with Gasteiger partial charge >= 0.3 is 0 Å². The van der Waals surface area contributed by atoms with Gasteiger partial charge in [-0.15, -0.1) is 0 Å². The largest absolute Gasteiger partial charge is 0.383 e. The second-order valence-electron chi connectivity index (χ2n) is 13.1. The maximum Gasteiger partial charge on any atom is 0.250 e. The number of fused-ring (bicyclic) bond motifs is 1. The highest BCUT2D eigenvalue weighted by Crippen LogP contribution is 2.42. The molecule has 0 spiro atoms. The van der Waals surface area contributed by atoms with Crippen molar-refractivity contribution >= 4 is 103 Å². The number of aromatic nitrogens is 3. The van der Waals surface area contributed by atoms with Crippen LogP contribution < -0.4 is 27.4 Å². The van der Waals surface area contributed by atoms with Gasteiger partial charge in [0.2, 0.25) is 5.91 Å². The zero-order valence-electron chi connectivity index (χ0n) is 26.1. The molecule has 42 heavy (non-hydrogen) atoms. The first-order valence-electron chi connectivity index (χ1n) is 15.0. The molecule has 210 valence electrons. The van der Waals surface area contributed by atoms with Crippen LogP contribution in [-0.4, -0.2) is 91.8 Å². The smallest absolute Gasteiger partial charge is 0.250 e. The van der Waals surface area contributed by atoms with Crippen LogP contribution in [0.5, 0.6) is 0 Å². The summed E-state index contributed by atoms with van der Waals surface area (Å²) in [4.78, 5) is 40.5. The van der Waals surface area contributed by atoms with Crippen molar-refractivity contribution in [1.29, 1.82) is 0 Å². The van der Waals surface area contributed by atoms with Gasteiger partial charge in [-0.05, 0) is 50.2 Å². The SMILES string of the molecule is Bc1c(B)c(-c2[nH]c3ncnc(N)c3c2C2=CC[C@H](C(=O)N3CCCC3)CC2)c(C(B)(B)B)c(B)c1NC(=O)C(=C)C. The second kappa shape index (κ2) is 11.3. The maximum atomic E-state index is 13.2. The molecule has 0 radical (unpaired) electrons. The van der Waals surface area contributed by atoms with Crippen LogP contribution in [0.3, 0.4) is 0 Å². The van der Waals surface area contributed by atoms with Crippen LogP contribution in [0, 0.1) is 5.92 Å². The van der Waals surface area contributed by atoms with E-state index in [1.54, 1.807) is 6.92 Å². The van der Waals surface area contributed by atoms with Gasteiger partial charge in [-0.2, -0.15) is 0 Å². The average molecular weight is 556 g/mol. The number of rotatable bonds is 6. The number of H-pyrrole nitrogens is 1. The Morgan fingerprint density at radius 1 is 1.10 bits per heavy atom. The first-order chi connectivity index (χ1) is 19.8. The number of anilines is 2. The van der Waals surface area contributed by atoms with E-state index in [1.165, 1.54) is 6.33 Å². The second-order valence-corrected chi connectivity index (χ2v) is 13.1. The van der Waals surface area contributed by atoms with Crippen molar-refractivity contribution in [3.8, 4) is 11.3 Å². The topological polar surface area (TPSA) is 117 Å². The highest BCUT2D eigenvalue weighted by atomic mass is 16.2. The minimum absolute atomic E-state index is 0.0154. The molecule has 0 unspecified atom stereocenters. The summed E-state index contributed by atoms with van der Waals surface area (Å²) < 4.78 is 0. The number of hydrogen-bond acceptors (Lipinski definition) is 5. The van der Waals surface area contributed by atoms with E-state index in [4.69, 9.17) is 5.73 Å². The number of hydrogen-bond donors (Lipinski definition) is 3. The Bertz CT molecular complexity index is 1650. The van der Waals surface area contributed by atoms with Gasteiger partial charge in [-0.3, -0.25) is 9.59 Å². The predicted octanol–water partition coefficient (Wildman–Crippen LogP) is -3.69. The van der Waals surface area contributed by atoms with Gasteiger partial charge in [0, 0.05) is 35.8 Å². The predicted molar refractivity (Wildman–Crippen MR) is 190 cm³/mol. The molecule has 1 fully saturated rings. The highest BCUT2D eigenvalue weighted by Gasteiger charge is 2.33. The Morgan fingerprint density at radius 3 is 2.38 bits per heavy atom. The third-order valence-corrected chi connectivity index (χ3v) is 9.06. The Morgan fingerprint density at radius 2 is 1.79 bits per heavy atom. The number of nitrogens with one attached hydrogen (secondary N) is 2. The Hall–Kier alpha value is -3.55. The van der Waals surface area contributed by atoms with Gasteiger partial charge in [0.25, 0.3) is 5.91 Å². The Kier molecular flexibility index (Phi) is 8.03. The van der Waals surface area contributed by atoms with Crippen LogP contribution in [0.4, 0.5) is 11.5 Å². The van der Waals surface area contributed by atoms with E-state index in [0.29, 0.717) is 23.5 Å². The molecule has 1 aliphatic carbocycles. The zero-order chi connectivity index (χ0) is 30.5. The summed E-state index contributed by atoms with van der Waals surface area (Å²) in [6.45, 7) is 7.30. The fraction of sp³-hybridized carbons (Fsp3) is 0.357. The number of benzene rings is 1. The summed E-state index contributed by atoms with van der Waals surface area (Å²) in [5.41, 5.74) is 17.0. The molecular formula is C28H38B6N6O2. The molecule has 2 amide bonds. The molecule has 14 heteroatoms. The van der Waals surface area contributed by atoms with E-state index in [0.717, 1.165) is 94.2 Å². The van der Waals surface area contributed by atoms with Crippen molar-refractivity contribution in [2.24, 2.45) is 5.92 Å². The lowest BCUT2D eigenvalue weighted by Gasteiger charge is -2.32. The zero-order valence-corrected chi connectivity index (χ0v) is 26.1. The third-order valence-electron chi connectivity index (χ3n) is 9.06. The molecule has 3 aromatic rings. The minimum atomic E-state index is -0.249. The van der Waals surface area contributed by atoms with E-state index in [2.05, 4.69) is 80.0 Å². The van der Waals surface area contributed by atoms with Crippen LogP contribution in [0.25, 0.3) is 27.9 Å². The maximum absolute atomic E-state index is 13.2. The number of likely N-dealkylation sites (tertiary alicyclic amines) is 1. The lowest BCUT2D eigenvalue weighted by atomic mass is 9.37. The van der Waals surface area contributed by atoms with Gasteiger partial charge in [0.1, 0.15) is 41.3 Å². The first kappa shape index (κ1) is 29.9. The van der Waals surface area contributed by atoms with Gasteiger partial charge in [0.05, 0.1) is 34.6 Å². The lowest BCUT2D eigenvalue weighted by molar-refractivity contribution is -0.134. The van der Waals surface area contributed by atoms with Crippen LogP contribution >= 0.6 is 0 Å². The number of allylic oxidation sites excluding steroid dienone is 2. The van der Waals surface area contributed by atoms with E-state index >= 15 is 0 Å². The molecule has 3 heterocycles. The molecule has 2 aromatic heterocycles. The molecule has 0 saturated carbocycles. The highest BCUT2D eigenvalue weighted by molar-refractivity contribution is 6.63. The quantitative estimate of drug-likeness (QED) is 0.214. The normalized spacial score (nSPS) is 17.3. The van der Waals surface area contributed by atoms with Crippen LogP contribution in [0.1, 0.15) is 50.2 Å². The number of nitrogen functional groups attached to an aromatic ring is 1. The van der Waals surface area contributed by atoms with Crippen molar-refractivity contribution in [1.82, 2.24) is 19.9 Å². The van der Waals surface area contributed by atoms with Crippen molar-refractivity contribution < 1.29 is 9.59 Å². The lowest BCUT2D eigenvalue weighted by Crippen LogP contribution is -2.45. The van der Waals surface area contributed by atoms with Gasteiger partial charge in [-0.25, -0.2) is 9.97 Å². The van der Waals surface area contributed by atoms with Gasteiger partial charge < -0.3 is 20.9 Å². The van der Waals surface area contributed by atoms with E-state index < -0.39 is 0 Å². The number of nitrogens with two attached hydrogens (primary N) is 1. The van der Waals surface area contributed by atoms with Gasteiger partial charge in [0.15, 0.2) is 0 Å². The monoisotopic (exact) mass is 556 g/mol. The van der Waals surface area contributed by atoms with Crippen molar-refractivity contribution in [3.63, 3.8) is 0 Å². The van der Waals surface area contributed by atoms with E-state index in [9.17, 15) is 9.59 Å². The number of nitrogens with zero attached hydrogens (tertiary/aromatic N) is 3. The summed E-state index contributed by atoms with van der Waals surface area (Å²) in [6.07, 6.45) is 8.20. The molecule has 2 aliphatic rings. The summed E-state index contributed by atoms with van der Waals surface area (Å²) in [7, 11) is 12.8. The molecule has 5 rings (SSSR count). The number of carbonyl (C=O) groups is 2. The molecule has 1 saturated heterocycles. The van der Waals surface area contributed by atoms with Crippen molar-refractivity contribution in [2.75, 3.05) is 24.1 Å². The molecule has 8 nitrogen and oxygen atoms in total. The number of carbonyl (C=O) groups excluding carboxylic acids is 2. The third kappa shape index (κ3) is 5.25. The van der Waals surface area contributed by atoms with E-state index in [1.807, 2.05) is 4.90 Å². The summed E-state index contributed by atoms with van der Waals surface area (Å²) in [5, 5.41) is 3.69. The van der Waals surface area contributed by atoms with Crippen LogP contribution in [-0.2, 0) is 14.7 Å². The average Bonchev–Trinajstić information content (AvgIpc) is 3.61. The molecule has 4 N–H and O–H groups in total. The van der Waals surface area contributed by atoms with E-state index in [-0.39, 0.29) is 22.8 Å². The van der Waals surface area contributed by atoms with Crippen molar-refractivity contribution in [2.45, 2.75) is 44.1 Å². The van der Waals surface area contributed by atoms with Gasteiger partial charge in [-0.1, -0.05) is 39.7 Å². The number of amides is 2. The molecule has 1 aliphatic heterocycles. The summed E-state index contributed by atoms with van der Waals surface area (Å²) >= 11 is 0. The molecule has 1 atom stereocenters. The fourth-order valence-electron chi connectivity index (χ4n) is 6.85. The Labute approximate surface area is 253 Å². The summed E-state index contributed by atoms with van der Waals surface area (Å²) in [5.74, 6) is 0.548. The molecule has 1 aromatic carbocycles. The fourth-order valence-corrected chi connectivity index (χ4v) is 6.85. The van der Waals surface area contributed by atoms with Crippen LogP contribution in [0.2, 0.25) is 0 Å². The number of aromatic amines is 1. The van der Waals surface area contributed by atoms with Crippen molar-refractivity contribution in [3.05, 3.63) is 35.7 Å². The summed E-state index contributed by atoms with van der Waals surface area (Å²) in [6, 6.07) is 0. The first-order valence-corrected chi connectivity index (χ1v) is 15.0. The Balaban J connectivity index is 1.71. The van der Waals surface area contributed by atoms with Crippen LogP contribution in [0.15, 0.2) is 24.6 Å². The molecule has 0 bridgehead atoms. The standard InChI is InChI=1S/C28H38B6N6O2/c1-12(2)26(41)39-23-20(30)18(28(32,33)34)17(19(29)21(23)31)22-15(16-24(35)36-11-37-25(16)38-22)13-5-7-14(8-6-13)27(42)40-9-3-4-10-40/h5,11,14H,1,3-4,6-10,29-34H2,2H3,(H,39,41)(H3,35,36,37,38)/t14-/m0/s1. The molecular weight excluding hydrogens is 517 g/mol.